The van der Waals surface area contributed by atoms with E-state index in [0.29, 0.717) is 34.5 Å². The van der Waals surface area contributed by atoms with Crippen LogP contribution in [0.15, 0.2) is 71.5 Å². The molecule has 36 heavy (non-hydrogen) atoms. The highest BCUT2D eigenvalue weighted by Gasteiger charge is 2.33. The van der Waals surface area contributed by atoms with Crippen LogP contribution in [0.25, 0.3) is 15.9 Å². The van der Waals surface area contributed by atoms with Crippen LogP contribution in [0.4, 0.5) is 11.5 Å². The number of halogens is 2. The second-order valence-corrected chi connectivity index (χ2v) is 9.99. The summed E-state index contributed by atoms with van der Waals surface area (Å²) in [4.78, 5) is 25.5. The molecule has 0 spiro atoms. The molecule has 0 N–H and O–H groups in total. The number of aryl methyl sites for hydroxylation is 1. The Kier molecular flexibility index (Phi) is 6.72. The fourth-order valence-electron chi connectivity index (χ4n) is 5.04. The molecule has 1 aliphatic rings. The molecule has 2 aromatic heterocycles. The first-order valence-electron chi connectivity index (χ1n) is 11.8. The number of aromatic nitrogens is 2. The minimum atomic E-state index is -0.0925. The van der Waals surface area contributed by atoms with Crippen LogP contribution in [0.1, 0.15) is 24.1 Å². The maximum Gasteiger partial charge on any atom is 0.270 e. The van der Waals surface area contributed by atoms with E-state index in [1.165, 1.54) is 0 Å². The second-order valence-electron chi connectivity index (χ2n) is 9.11. The van der Waals surface area contributed by atoms with Gasteiger partial charge in [0.05, 0.1) is 17.2 Å². The molecule has 182 valence electrons. The number of hydrogen-bond acceptors (Lipinski definition) is 4. The Bertz CT molecular complexity index is 1460. The molecule has 1 fully saturated rings. The van der Waals surface area contributed by atoms with Gasteiger partial charge in [0.1, 0.15) is 0 Å². The average molecular weight is 518 g/mol. The van der Waals surface area contributed by atoms with Crippen molar-refractivity contribution in [2.45, 2.75) is 19.0 Å². The largest absolute Gasteiger partial charge is 0.365 e. The Balaban J connectivity index is 1.51. The van der Waals surface area contributed by atoms with Crippen molar-refractivity contribution in [3.8, 4) is 0 Å². The molecule has 0 aliphatic carbocycles. The number of benzene rings is 2. The lowest BCUT2D eigenvalue weighted by Crippen LogP contribution is -2.53. The smallest absolute Gasteiger partial charge is 0.270 e. The molecule has 0 bridgehead atoms. The molecule has 1 atom stereocenters. The van der Waals surface area contributed by atoms with Gasteiger partial charge in [0.2, 0.25) is 5.52 Å². The normalized spacial score (nSPS) is 16.4. The van der Waals surface area contributed by atoms with Crippen molar-refractivity contribution in [3.05, 3.63) is 110 Å². The predicted molar refractivity (Wildman–Crippen MR) is 146 cm³/mol. The number of pyridine rings is 2. The molecule has 0 saturated carbocycles. The third kappa shape index (κ3) is 4.58. The minimum Gasteiger partial charge on any atom is -0.365 e. The standard InChI is InChI=1S/C28H25Cl2N5O/c1-18-17-34(24-16-26(36)33(3)23-12-13-25(31-2)32-27(23)24)14-15-35(18)28(19-4-8-21(29)9-5-19)20-6-10-22(30)11-7-20/h4-13,16,18,28H,14-15,17H2,1,3H3/t18-/m1/s1. The van der Waals surface area contributed by atoms with Crippen LogP contribution >= 0.6 is 23.2 Å². The highest BCUT2D eigenvalue weighted by Crippen LogP contribution is 2.35. The Morgan fingerprint density at radius 1 is 0.972 bits per heavy atom. The number of piperazine rings is 1. The van der Waals surface area contributed by atoms with E-state index in [4.69, 9.17) is 29.8 Å². The third-order valence-corrected chi connectivity index (χ3v) is 7.40. The Labute approximate surface area is 220 Å². The van der Waals surface area contributed by atoms with Gasteiger partial charge < -0.3 is 14.3 Å². The SMILES string of the molecule is [C-]#[N+]c1ccc2c(n1)c(N1CCN(C(c3ccc(Cl)cc3)c3ccc(Cl)cc3)[C@H](C)C1)cc(=O)n2C. The molecule has 3 heterocycles. The predicted octanol–water partition coefficient (Wildman–Crippen LogP) is 6.09. The molecule has 0 radical (unpaired) electrons. The molecule has 0 unspecified atom stereocenters. The summed E-state index contributed by atoms with van der Waals surface area (Å²) in [6, 6.07) is 21.3. The van der Waals surface area contributed by atoms with Gasteiger partial charge in [0.25, 0.3) is 11.4 Å². The molecule has 6 nitrogen and oxygen atoms in total. The van der Waals surface area contributed by atoms with Gasteiger partial charge in [-0.15, -0.1) is 4.98 Å². The lowest BCUT2D eigenvalue weighted by molar-refractivity contribution is 0.150. The fraction of sp³-hybridized carbons (Fsp3) is 0.250. The van der Waals surface area contributed by atoms with Gasteiger partial charge in [-0.05, 0) is 54.4 Å². The highest BCUT2D eigenvalue weighted by molar-refractivity contribution is 6.30. The van der Waals surface area contributed by atoms with Gasteiger partial charge in [0, 0.05) is 48.8 Å². The first-order chi connectivity index (χ1) is 17.4. The first kappa shape index (κ1) is 24.3. The van der Waals surface area contributed by atoms with Gasteiger partial charge in [0.15, 0.2) is 0 Å². The monoisotopic (exact) mass is 517 g/mol. The van der Waals surface area contributed by atoms with E-state index in [1.807, 2.05) is 24.3 Å². The van der Waals surface area contributed by atoms with Crippen LogP contribution in [-0.2, 0) is 7.05 Å². The molecule has 1 aliphatic heterocycles. The molecule has 0 amide bonds. The minimum absolute atomic E-state index is 0.0314. The molecular weight excluding hydrogens is 493 g/mol. The third-order valence-electron chi connectivity index (χ3n) is 6.89. The van der Waals surface area contributed by atoms with Crippen LogP contribution in [0, 0.1) is 6.57 Å². The summed E-state index contributed by atoms with van der Waals surface area (Å²) in [5.41, 5.74) is 4.40. The summed E-state index contributed by atoms with van der Waals surface area (Å²) in [6.45, 7) is 11.8. The van der Waals surface area contributed by atoms with Gasteiger partial charge in [-0.25, -0.2) is 0 Å². The summed E-state index contributed by atoms with van der Waals surface area (Å²) >= 11 is 12.4. The quantitative estimate of drug-likeness (QED) is 0.307. The van der Waals surface area contributed by atoms with E-state index in [-0.39, 0.29) is 17.6 Å². The van der Waals surface area contributed by atoms with Crippen molar-refractivity contribution >= 4 is 45.7 Å². The Morgan fingerprint density at radius 3 is 2.14 bits per heavy atom. The van der Waals surface area contributed by atoms with E-state index in [2.05, 4.69) is 50.8 Å². The lowest BCUT2D eigenvalue weighted by Gasteiger charge is -2.45. The zero-order valence-electron chi connectivity index (χ0n) is 20.0. The molecule has 2 aromatic carbocycles. The van der Waals surface area contributed by atoms with Gasteiger partial charge in [-0.2, -0.15) is 0 Å². The first-order valence-corrected chi connectivity index (χ1v) is 12.5. The van der Waals surface area contributed by atoms with E-state index < -0.39 is 0 Å². The van der Waals surface area contributed by atoms with Crippen LogP contribution in [0.3, 0.4) is 0 Å². The molecular formula is C28H25Cl2N5O. The van der Waals surface area contributed by atoms with Crippen LogP contribution in [0.2, 0.25) is 10.0 Å². The maximum atomic E-state index is 12.7. The maximum absolute atomic E-state index is 12.7. The molecule has 5 rings (SSSR count). The number of rotatable bonds is 4. The summed E-state index contributed by atoms with van der Waals surface area (Å²) < 4.78 is 1.58. The Hall–Kier alpha value is -3.37. The van der Waals surface area contributed by atoms with Crippen molar-refractivity contribution in [3.63, 3.8) is 0 Å². The van der Waals surface area contributed by atoms with E-state index in [0.717, 1.165) is 28.9 Å². The van der Waals surface area contributed by atoms with E-state index >= 15 is 0 Å². The molecule has 4 aromatic rings. The van der Waals surface area contributed by atoms with Crippen molar-refractivity contribution in [1.82, 2.24) is 14.5 Å². The number of anilines is 1. The number of hydrogen-bond donors (Lipinski definition) is 0. The topological polar surface area (TPSA) is 45.7 Å². The van der Waals surface area contributed by atoms with E-state index in [1.54, 1.807) is 29.8 Å². The highest BCUT2D eigenvalue weighted by atomic mass is 35.5. The van der Waals surface area contributed by atoms with E-state index in [9.17, 15) is 4.79 Å². The van der Waals surface area contributed by atoms with Crippen LogP contribution in [0.5, 0.6) is 0 Å². The fourth-order valence-corrected chi connectivity index (χ4v) is 5.30. The second kappa shape index (κ2) is 9.94. The number of fused-ring (bicyclic) bond motifs is 1. The number of nitrogens with zero attached hydrogens (tertiary/aromatic N) is 5. The van der Waals surface area contributed by atoms with Crippen LogP contribution in [-0.4, -0.2) is 40.1 Å². The zero-order chi connectivity index (χ0) is 25.4. The van der Waals surface area contributed by atoms with Gasteiger partial charge in [-0.1, -0.05) is 54.0 Å². The van der Waals surface area contributed by atoms with Crippen molar-refractivity contribution < 1.29 is 0 Å². The zero-order valence-corrected chi connectivity index (χ0v) is 21.5. The van der Waals surface area contributed by atoms with Crippen molar-refractivity contribution in [2.75, 3.05) is 24.5 Å². The average Bonchev–Trinajstić information content (AvgIpc) is 2.89. The van der Waals surface area contributed by atoms with Gasteiger partial charge >= 0.3 is 0 Å². The molecule has 1 saturated heterocycles. The van der Waals surface area contributed by atoms with Gasteiger partial charge in [-0.3, -0.25) is 9.69 Å². The van der Waals surface area contributed by atoms with Crippen molar-refractivity contribution in [1.29, 1.82) is 0 Å². The lowest BCUT2D eigenvalue weighted by atomic mass is 9.94. The van der Waals surface area contributed by atoms with Crippen molar-refractivity contribution in [2.24, 2.45) is 7.05 Å². The van der Waals surface area contributed by atoms with Crippen LogP contribution < -0.4 is 10.5 Å². The summed E-state index contributed by atoms with van der Waals surface area (Å²) in [5.74, 6) is 0.319. The summed E-state index contributed by atoms with van der Waals surface area (Å²) in [5, 5.41) is 1.41. The Morgan fingerprint density at radius 2 is 1.58 bits per heavy atom. The summed E-state index contributed by atoms with van der Waals surface area (Å²) in [7, 11) is 1.73. The molecule has 8 heteroatoms. The summed E-state index contributed by atoms with van der Waals surface area (Å²) in [6.07, 6.45) is 0.